The fourth-order valence-corrected chi connectivity index (χ4v) is 2.81. The Bertz CT molecular complexity index is 213. The molecule has 2 heterocycles. The van der Waals surface area contributed by atoms with Crippen LogP contribution in [-0.2, 0) is 0 Å². The molecule has 0 radical (unpaired) electrons. The molecular weight excluding hydrogens is 212 g/mol. The normalized spacial score (nSPS) is 29.6. The summed E-state index contributed by atoms with van der Waals surface area (Å²) in [4.78, 5) is 4.91. The zero-order valence-electron chi connectivity index (χ0n) is 11.4. The van der Waals surface area contributed by atoms with E-state index in [0.29, 0.717) is 6.04 Å². The Balaban J connectivity index is 1.59. The summed E-state index contributed by atoms with van der Waals surface area (Å²) in [6.07, 6.45) is 2.73. The molecule has 2 aliphatic rings. The molecule has 0 saturated carbocycles. The van der Waals surface area contributed by atoms with Crippen LogP contribution in [0.4, 0.5) is 0 Å². The second-order valence-electron chi connectivity index (χ2n) is 5.74. The first-order valence-electron chi connectivity index (χ1n) is 7.06. The van der Waals surface area contributed by atoms with Gasteiger partial charge in [0.25, 0.3) is 0 Å². The first-order valence-corrected chi connectivity index (χ1v) is 7.06. The summed E-state index contributed by atoms with van der Waals surface area (Å²) in [5.74, 6) is 0.896. The van der Waals surface area contributed by atoms with Gasteiger partial charge in [-0.1, -0.05) is 0 Å². The molecule has 0 spiro atoms. The van der Waals surface area contributed by atoms with E-state index in [1.807, 2.05) is 0 Å². The summed E-state index contributed by atoms with van der Waals surface area (Å²) in [6.45, 7) is 8.35. The molecule has 0 bridgehead atoms. The zero-order chi connectivity index (χ0) is 12.1. The Morgan fingerprint density at radius 1 is 1.12 bits per heavy atom. The molecule has 2 N–H and O–H groups in total. The van der Waals surface area contributed by atoms with Gasteiger partial charge in [-0.3, -0.25) is 4.90 Å². The van der Waals surface area contributed by atoms with Crippen LogP contribution in [0.2, 0.25) is 0 Å². The molecule has 100 valence electrons. The van der Waals surface area contributed by atoms with Crippen LogP contribution >= 0.6 is 0 Å². The fourth-order valence-electron chi connectivity index (χ4n) is 2.81. The topological polar surface area (TPSA) is 30.5 Å². The van der Waals surface area contributed by atoms with Gasteiger partial charge in [0.1, 0.15) is 0 Å². The summed E-state index contributed by atoms with van der Waals surface area (Å²) in [6, 6.07) is 0.676. The predicted molar refractivity (Wildman–Crippen MR) is 72.4 cm³/mol. The largest absolute Gasteiger partial charge is 0.315 e. The van der Waals surface area contributed by atoms with Crippen LogP contribution in [0.1, 0.15) is 12.8 Å². The Morgan fingerprint density at radius 2 is 1.88 bits per heavy atom. The van der Waals surface area contributed by atoms with Gasteiger partial charge in [0.15, 0.2) is 0 Å². The van der Waals surface area contributed by atoms with Crippen LogP contribution in [0.15, 0.2) is 0 Å². The number of likely N-dealkylation sites (tertiary alicyclic amines) is 1. The Kier molecular flexibility index (Phi) is 5.22. The number of piperidine rings is 1. The SMILES string of the molecule is CN1CCC(CNCC2CNCCN2C)CC1. The Labute approximate surface area is 106 Å². The van der Waals surface area contributed by atoms with Gasteiger partial charge >= 0.3 is 0 Å². The van der Waals surface area contributed by atoms with E-state index in [4.69, 9.17) is 0 Å². The van der Waals surface area contributed by atoms with Crippen molar-refractivity contribution >= 4 is 0 Å². The molecule has 0 aromatic heterocycles. The van der Waals surface area contributed by atoms with E-state index in [0.717, 1.165) is 25.6 Å². The molecule has 0 aromatic carbocycles. The number of rotatable bonds is 4. The highest BCUT2D eigenvalue weighted by atomic mass is 15.2. The molecule has 2 rings (SSSR count). The number of hydrogen-bond acceptors (Lipinski definition) is 4. The smallest absolute Gasteiger partial charge is 0.0342 e. The quantitative estimate of drug-likeness (QED) is 0.714. The third kappa shape index (κ3) is 4.21. The third-order valence-corrected chi connectivity index (χ3v) is 4.30. The van der Waals surface area contributed by atoms with Crippen LogP contribution < -0.4 is 10.6 Å². The molecule has 4 nitrogen and oxygen atoms in total. The molecular formula is C13H28N4. The lowest BCUT2D eigenvalue weighted by Gasteiger charge is -2.34. The Hall–Kier alpha value is -0.160. The van der Waals surface area contributed by atoms with Crippen molar-refractivity contribution in [3.8, 4) is 0 Å². The van der Waals surface area contributed by atoms with Crippen LogP contribution in [-0.4, -0.2) is 75.8 Å². The second kappa shape index (κ2) is 6.69. The first-order chi connectivity index (χ1) is 8.25. The van der Waals surface area contributed by atoms with E-state index in [-0.39, 0.29) is 0 Å². The van der Waals surface area contributed by atoms with E-state index >= 15 is 0 Å². The highest BCUT2D eigenvalue weighted by Crippen LogP contribution is 2.14. The van der Waals surface area contributed by atoms with Gasteiger partial charge in [0.05, 0.1) is 0 Å². The molecule has 17 heavy (non-hydrogen) atoms. The minimum atomic E-state index is 0.676. The van der Waals surface area contributed by atoms with E-state index in [9.17, 15) is 0 Å². The van der Waals surface area contributed by atoms with E-state index < -0.39 is 0 Å². The third-order valence-electron chi connectivity index (χ3n) is 4.30. The van der Waals surface area contributed by atoms with Crippen molar-refractivity contribution in [3.05, 3.63) is 0 Å². The zero-order valence-corrected chi connectivity index (χ0v) is 11.4. The minimum absolute atomic E-state index is 0.676. The minimum Gasteiger partial charge on any atom is -0.315 e. The van der Waals surface area contributed by atoms with Gasteiger partial charge in [-0.05, 0) is 52.5 Å². The van der Waals surface area contributed by atoms with Gasteiger partial charge in [-0.25, -0.2) is 0 Å². The maximum absolute atomic E-state index is 3.67. The van der Waals surface area contributed by atoms with Crippen molar-refractivity contribution in [2.24, 2.45) is 5.92 Å². The highest BCUT2D eigenvalue weighted by molar-refractivity contribution is 4.80. The summed E-state index contributed by atoms with van der Waals surface area (Å²) in [5, 5.41) is 7.14. The lowest BCUT2D eigenvalue weighted by Crippen LogP contribution is -2.53. The number of piperazine rings is 1. The number of nitrogens with zero attached hydrogens (tertiary/aromatic N) is 2. The molecule has 0 amide bonds. The van der Waals surface area contributed by atoms with Crippen molar-refractivity contribution in [1.82, 2.24) is 20.4 Å². The molecule has 4 heteroatoms. The lowest BCUT2D eigenvalue weighted by atomic mass is 9.97. The fraction of sp³-hybridized carbons (Fsp3) is 1.00. The van der Waals surface area contributed by atoms with Gasteiger partial charge in [0, 0.05) is 32.2 Å². The first kappa shape index (κ1) is 13.3. The van der Waals surface area contributed by atoms with Crippen molar-refractivity contribution < 1.29 is 0 Å². The summed E-state index contributed by atoms with van der Waals surface area (Å²) in [5.41, 5.74) is 0. The molecule has 1 atom stereocenters. The van der Waals surface area contributed by atoms with Crippen molar-refractivity contribution in [1.29, 1.82) is 0 Å². The van der Waals surface area contributed by atoms with E-state index in [1.165, 1.54) is 39.0 Å². The molecule has 2 aliphatic heterocycles. The standard InChI is InChI=1S/C13H28N4/c1-16-6-3-12(4-7-16)9-15-11-13-10-14-5-8-17(13)2/h12-15H,3-11H2,1-2H3. The van der Waals surface area contributed by atoms with Crippen LogP contribution in [0.3, 0.4) is 0 Å². The van der Waals surface area contributed by atoms with Gasteiger partial charge in [0.2, 0.25) is 0 Å². The second-order valence-corrected chi connectivity index (χ2v) is 5.74. The molecule has 1 unspecified atom stereocenters. The lowest BCUT2D eigenvalue weighted by molar-refractivity contribution is 0.184. The van der Waals surface area contributed by atoms with Crippen molar-refractivity contribution in [2.75, 3.05) is 59.9 Å². The molecule has 2 fully saturated rings. The van der Waals surface area contributed by atoms with Crippen LogP contribution in [0, 0.1) is 5.92 Å². The number of likely N-dealkylation sites (N-methyl/N-ethyl adjacent to an activating group) is 1. The van der Waals surface area contributed by atoms with Crippen molar-refractivity contribution in [3.63, 3.8) is 0 Å². The summed E-state index contributed by atoms with van der Waals surface area (Å²) >= 11 is 0. The van der Waals surface area contributed by atoms with Gasteiger partial charge in [-0.2, -0.15) is 0 Å². The monoisotopic (exact) mass is 240 g/mol. The van der Waals surface area contributed by atoms with Crippen LogP contribution in [0.25, 0.3) is 0 Å². The predicted octanol–water partition coefficient (Wildman–Crippen LogP) is -0.179. The maximum Gasteiger partial charge on any atom is 0.0342 e. The average Bonchev–Trinajstić information content (AvgIpc) is 2.34. The summed E-state index contributed by atoms with van der Waals surface area (Å²) in [7, 11) is 4.47. The van der Waals surface area contributed by atoms with Gasteiger partial charge < -0.3 is 15.5 Å². The molecule has 0 aliphatic carbocycles. The van der Waals surface area contributed by atoms with E-state index in [2.05, 4.69) is 34.5 Å². The van der Waals surface area contributed by atoms with E-state index in [1.54, 1.807) is 0 Å². The van der Waals surface area contributed by atoms with Crippen molar-refractivity contribution in [2.45, 2.75) is 18.9 Å². The number of hydrogen-bond donors (Lipinski definition) is 2. The van der Waals surface area contributed by atoms with Crippen LogP contribution in [0.5, 0.6) is 0 Å². The Morgan fingerprint density at radius 3 is 2.59 bits per heavy atom. The highest BCUT2D eigenvalue weighted by Gasteiger charge is 2.19. The van der Waals surface area contributed by atoms with Gasteiger partial charge in [-0.15, -0.1) is 0 Å². The summed E-state index contributed by atoms with van der Waals surface area (Å²) < 4.78 is 0. The maximum atomic E-state index is 3.67. The molecule has 0 aromatic rings. The number of nitrogens with one attached hydrogen (secondary N) is 2. The molecule has 2 saturated heterocycles. The average molecular weight is 240 g/mol.